The predicted molar refractivity (Wildman–Crippen MR) is 95.2 cm³/mol. The molecule has 2 amide bonds. The largest absolute Gasteiger partial charge is 0.495 e. The van der Waals surface area contributed by atoms with Gasteiger partial charge in [-0.1, -0.05) is 11.6 Å². The first-order chi connectivity index (χ1) is 11.1. The molecule has 1 atom stereocenters. The molecule has 1 N–H and O–H groups in total. The molecule has 1 aromatic carbocycles. The van der Waals surface area contributed by atoms with Gasteiger partial charge >= 0.3 is 0 Å². The molecule has 2 aliphatic heterocycles. The average Bonchev–Trinajstić information content (AvgIpc) is 2.96. The van der Waals surface area contributed by atoms with Crippen LogP contribution < -0.4 is 15.0 Å². The van der Waals surface area contributed by atoms with E-state index in [2.05, 4.69) is 5.32 Å². The molecule has 3 rings (SSSR count). The Bertz CT molecular complexity index is 621. The molecule has 1 aromatic rings. The number of carbonyl (C=O) groups excluding carboxylic acids is 2. The van der Waals surface area contributed by atoms with Crippen molar-refractivity contribution in [2.24, 2.45) is 5.92 Å². The number of hydrogen-bond donors (Lipinski definition) is 1. The molecule has 0 saturated carbocycles. The molecule has 8 heteroatoms. The number of piperazine rings is 1. The molecule has 2 saturated heterocycles. The summed E-state index contributed by atoms with van der Waals surface area (Å²) in [6.45, 7) is 3.38. The van der Waals surface area contributed by atoms with Crippen molar-refractivity contribution in [3.8, 4) is 5.75 Å². The molecule has 6 nitrogen and oxygen atoms in total. The van der Waals surface area contributed by atoms with E-state index in [0.29, 0.717) is 36.1 Å². The van der Waals surface area contributed by atoms with Gasteiger partial charge in [0.2, 0.25) is 11.8 Å². The Morgan fingerprint density at radius 2 is 2.04 bits per heavy atom. The van der Waals surface area contributed by atoms with Gasteiger partial charge in [0.05, 0.1) is 18.7 Å². The molecule has 0 spiro atoms. The molecule has 0 aromatic heterocycles. The molecule has 2 fully saturated rings. The number of amides is 2. The highest BCUT2D eigenvalue weighted by atomic mass is 35.5. The lowest BCUT2D eigenvalue weighted by Gasteiger charge is -2.29. The molecule has 0 radical (unpaired) electrons. The number of hydrogen-bond acceptors (Lipinski definition) is 4. The van der Waals surface area contributed by atoms with Crippen LogP contribution in [0.2, 0.25) is 5.02 Å². The number of halogens is 2. The molecule has 2 aliphatic rings. The normalized spacial score (nSPS) is 20.8. The van der Waals surface area contributed by atoms with E-state index >= 15 is 0 Å². The fourth-order valence-electron chi connectivity index (χ4n) is 3.12. The maximum absolute atomic E-state index is 12.6. The van der Waals surface area contributed by atoms with Crippen LogP contribution >= 0.6 is 24.0 Å². The zero-order chi connectivity index (χ0) is 16.4. The molecular weight excluding hydrogens is 353 g/mol. The Hall–Kier alpha value is -1.50. The van der Waals surface area contributed by atoms with Gasteiger partial charge in [-0.15, -0.1) is 12.4 Å². The number of rotatable bonds is 3. The van der Waals surface area contributed by atoms with E-state index in [4.69, 9.17) is 16.3 Å². The highest BCUT2D eigenvalue weighted by Crippen LogP contribution is 2.35. The van der Waals surface area contributed by atoms with Gasteiger partial charge in [-0.05, 0) is 18.2 Å². The fraction of sp³-hybridized carbons (Fsp3) is 0.500. The van der Waals surface area contributed by atoms with Crippen LogP contribution in [0.4, 0.5) is 5.69 Å². The lowest BCUT2D eigenvalue weighted by Crippen LogP contribution is -2.48. The van der Waals surface area contributed by atoms with E-state index in [0.717, 1.165) is 13.1 Å². The fourth-order valence-corrected chi connectivity index (χ4v) is 3.29. The second-order valence-electron chi connectivity index (χ2n) is 5.80. The quantitative estimate of drug-likeness (QED) is 0.872. The van der Waals surface area contributed by atoms with Crippen LogP contribution in [0.5, 0.6) is 5.75 Å². The van der Waals surface area contributed by atoms with Crippen molar-refractivity contribution in [1.82, 2.24) is 10.2 Å². The van der Waals surface area contributed by atoms with Gasteiger partial charge in [0, 0.05) is 44.2 Å². The third-order valence-corrected chi connectivity index (χ3v) is 4.57. The van der Waals surface area contributed by atoms with Crippen LogP contribution in [0.15, 0.2) is 18.2 Å². The Morgan fingerprint density at radius 1 is 1.33 bits per heavy atom. The number of methoxy groups -OCH3 is 1. The van der Waals surface area contributed by atoms with Gasteiger partial charge in [0.1, 0.15) is 5.75 Å². The van der Waals surface area contributed by atoms with Gasteiger partial charge in [0.25, 0.3) is 0 Å². The molecular formula is C16H21Cl2N3O3. The van der Waals surface area contributed by atoms with E-state index in [1.165, 1.54) is 0 Å². The van der Waals surface area contributed by atoms with Crippen LogP contribution in [0.25, 0.3) is 0 Å². The minimum Gasteiger partial charge on any atom is -0.495 e. The summed E-state index contributed by atoms with van der Waals surface area (Å²) in [4.78, 5) is 28.4. The number of carbonyl (C=O) groups is 2. The second-order valence-corrected chi connectivity index (χ2v) is 6.23. The Balaban J connectivity index is 0.00000208. The summed E-state index contributed by atoms with van der Waals surface area (Å²) in [5.74, 6) is 0.268. The number of nitrogens with zero attached hydrogens (tertiary/aromatic N) is 2. The number of anilines is 1. The summed E-state index contributed by atoms with van der Waals surface area (Å²) in [7, 11) is 1.55. The topological polar surface area (TPSA) is 61.9 Å². The number of nitrogens with one attached hydrogen (secondary N) is 1. The minimum atomic E-state index is -0.302. The van der Waals surface area contributed by atoms with Crippen molar-refractivity contribution in [2.45, 2.75) is 6.42 Å². The van der Waals surface area contributed by atoms with Crippen molar-refractivity contribution >= 4 is 41.5 Å². The molecule has 1 unspecified atom stereocenters. The molecule has 0 aliphatic carbocycles. The summed E-state index contributed by atoms with van der Waals surface area (Å²) in [5, 5.41) is 3.76. The molecule has 2 heterocycles. The van der Waals surface area contributed by atoms with Crippen molar-refractivity contribution in [3.63, 3.8) is 0 Å². The Labute approximate surface area is 152 Å². The van der Waals surface area contributed by atoms with Crippen LogP contribution in [0, 0.1) is 5.92 Å². The number of ether oxygens (including phenoxy) is 1. The lowest BCUT2D eigenvalue weighted by atomic mass is 10.1. The van der Waals surface area contributed by atoms with E-state index < -0.39 is 0 Å². The van der Waals surface area contributed by atoms with E-state index in [1.807, 2.05) is 4.90 Å². The van der Waals surface area contributed by atoms with Crippen molar-refractivity contribution in [2.75, 3.05) is 44.7 Å². The highest BCUT2D eigenvalue weighted by molar-refractivity contribution is 6.31. The van der Waals surface area contributed by atoms with Crippen molar-refractivity contribution < 1.29 is 14.3 Å². The Morgan fingerprint density at radius 3 is 2.71 bits per heavy atom. The van der Waals surface area contributed by atoms with Crippen LogP contribution in [0.3, 0.4) is 0 Å². The maximum atomic E-state index is 12.6. The number of benzene rings is 1. The molecule has 132 valence electrons. The monoisotopic (exact) mass is 373 g/mol. The van der Waals surface area contributed by atoms with Gasteiger partial charge < -0.3 is 19.9 Å². The predicted octanol–water partition coefficient (Wildman–Crippen LogP) is 1.56. The van der Waals surface area contributed by atoms with Gasteiger partial charge in [0.15, 0.2) is 0 Å². The van der Waals surface area contributed by atoms with Crippen molar-refractivity contribution in [3.05, 3.63) is 23.2 Å². The van der Waals surface area contributed by atoms with E-state index in [9.17, 15) is 9.59 Å². The Kier molecular flexibility index (Phi) is 6.32. The van der Waals surface area contributed by atoms with Crippen LogP contribution in [0.1, 0.15) is 6.42 Å². The smallest absolute Gasteiger partial charge is 0.228 e. The second kappa shape index (κ2) is 8.05. The minimum absolute atomic E-state index is 0. The van der Waals surface area contributed by atoms with E-state index in [-0.39, 0.29) is 36.6 Å². The van der Waals surface area contributed by atoms with Crippen LogP contribution in [-0.2, 0) is 9.59 Å². The zero-order valence-corrected chi connectivity index (χ0v) is 15.0. The standard InChI is InChI=1S/C16H20ClN3O3.ClH/c1-23-14-3-2-12(17)9-13(14)20-10-11(8-15(20)21)16(22)19-6-4-18-5-7-19;/h2-3,9,11,18H,4-8,10H2,1H3;1H. The third-order valence-electron chi connectivity index (χ3n) is 4.33. The maximum Gasteiger partial charge on any atom is 0.228 e. The summed E-state index contributed by atoms with van der Waals surface area (Å²) in [5.41, 5.74) is 0.626. The highest BCUT2D eigenvalue weighted by Gasteiger charge is 2.38. The zero-order valence-electron chi connectivity index (χ0n) is 13.5. The molecule has 24 heavy (non-hydrogen) atoms. The van der Waals surface area contributed by atoms with Gasteiger partial charge in [-0.3, -0.25) is 9.59 Å². The van der Waals surface area contributed by atoms with E-state index in [1.54, 1.807) is 30.2 Å². The SMILES string of the molecule is COc1ccc(Cl)cc1N1CC(C(=O)N2CCNCC2)CC1=O.Cl. The van der Waals surface area contributed by atoms with Gasteiger partial charge in [-0.2, -0.15) is 0 Å². The van der Waals surface area contributed by atoms with Crippen molar-refractivity contribution in [1.29, 1.82) is 0 Å². The summed E-state index contributed by atoms with van der Waals surface area (Å²) >= 11 is 6.04. The lowest BCUT2D eigenvalue weighted by molar-refractivity contribution is -0.136. The first kappa shape index (κ1) is 18.8. The molecule has 0 bridgehead atoms. The average molecular weight is 374 g/mol. The summed E-state index contributed by atoms with van der Waals surface area (Å²) in [6, 6.07) is 5.15. The first-order valence-corrected chi connectivity index (χ1v) is 8.11. The van der Waals surface area contributed by atoms with Crippen LogP contribution in [-0.4, -0.2) is 56.5 Å². The first-order valence-electron chi connectivity index (χ1n) is 7.73. The third kappa shape index (κ3) is 3.77. The van der Waals surface area contributed by atoms with Gasteiger partial charge in [-0.25, -0.2) is 0 Å². The summed E-state index contributed by atoms with van der Waals surface area (Å²) in [6.07, 6.45) is 0.235. The summed E-state index contributed by atoms with van der Waals surface area (Å²) < 4.78 is 5.32.